The van der Waals surface area contributed by atoms with Crippen molar-refractivity contribution in [3.05, 3.63) is 35.9 Å². The molecule has 0 aromatic heterocycles. The minimum Gasteiger partial charge on any atom is -0.375 e. The first-order valence-electron chi connectivity index (χ1n) is 11.6. The first-order valence-corrected chi connectivity index (χ1v) is 11.6. The summed E-state index contributed by atoms with van der Waals surface area (Å²) in [6.07, 6.45) is 6.02. The smallest absolute Gasteiger partial charge is 0.375 e. The van der Waals surface area contributed by atoms with Gasteiger partial charge < -0.3 is 20.7 Å². The number of hydrogen-bond acceptors (Lipinski definition) is 6. The third kappa shape index (κ3) is 7.44. The van der Waals surface area contributed by atoms with Gasteiger partial charge in [-0.2, -0.15) is 0 Å². The molecule has 8 nitrogen and oxygen atoms in total. The Morgan fingerprint density at radius 2 is 1.75 bits per heavy atom. The van der Waals surface area contributed by atoms with Crippen LogP contribution < -0.4 is 16.0 Å². The second-order valence-corrected chi connectivity index (χ2v) is 8.59. The maximum Gasteiger partial charge on any atom is 0.414 e. The van der Waals surface area contributed by atoms with Crippen molar-refractivity contribution in [1.82, 2.24) is 16.0 Å². The van der Waals surface area contributed by atoms with E-state index in [4.69, 9.17) is 4.74 Å². The number of esters is 1. The van der Waals surface area contributed by atoms with E-state index in [0.29, 0.717) is 12.8 Å². The highest BCUT2D eigenvalue weighted by molar-refractivity contribution is 5.91. The van der Waals surface area contributed by atoms with Crippen LogP contribution in [0.1, 0.15) is 56.9 Å². The van der Waals surface area contributed by atoms with Crippen molar-refractivity contribution in [2.45, 2.75) is 69.9 Å². The highest BCUT2D eigenvalue weighted by atomic mass is 16.6. The molecule has 2 aliphatic rings. The van der Waals surface area contributed by atoms with Gasteiger partial charge in [-0.05, 0) is 44.2 Å². The van der Waals surface area contributed by atoms with Crippen molar-refractivity contribution < 1.29 is 23.9 Å². The number of ether oxygens (including phenoxy) is 1. The number of amides is 2. The summed E-state index contributed by atoms with van der Waals surface area (Å²) in [5.74, 6) is -0.880. The van der Waals surface area contributed by atoms with Gasteiger partial charge in [0.05, 0.1) is 6.04 Å². The molecule has 32 heavy (non-hydrogen) atoms. The minimum atomic E-state index is -0.859. The molecule has 0 bridgehead atoms. The van der Waals surface area contributed by atoms with Gasteiger partial charge in [-0.3, -0.25) is 9.59 Å². The number of ketones is 1. The molecule has 1 aliphatic heterocycles. The Bertz CT molecular complexity index is 786. The molecule has 2 atom stereocenters. The van der Waals surface area contributed by atoms with E-state index < -0.39 is 24.1 Å². The molecule has 1 aromatic carbocycles. The van der Waals surface area contributed by atoms with Crippen LogP contribution in [0.4, 0.5) is 4.79 Å². The van der Waals surface area contributed by atoms with Gasteiger partial charge in [0.15, 0.2) is 5.78 Å². The monoisotopic (exact) mass is 443 g/mol. The summed E-state index contributed by atoms with van der Waals surface area (Å²) >= 11 is 0. The molecule has 8 heteroatoms. The Hall–Kier alpha value is -2.74. The maximum absolute atomic E-state index is 12.9. The number of alkyl carbamates (subject to hydrolysis) is 1. The molecule has 1 unspecified atom stereocenters. The van der Waals surface area contributed by atoms with Crippen molar-refractivity contribution in [3.63, 3.8) is 0 Å². The van der Waals surface area contributed by atoms with Gasteiger partial charge in [0.25, 0.3) is 0 Å². The van der Waals surface area contributed by atoms with Crippen LogP contribution in [0.15, 0.2) is 30.3 Å². The number of hydrogen-bond donors (Lipinski definition) is 3. The van der Waals surface area contributed by atoms with Crippen molar-refractivity contribution in [2.75, 3.05) is 13.1 Å². The average Bonchev–Trinajstić information content (AvgIpc) is 3.35. The Kier molecular flexibility index (Phi) is 9.22. The Morgan fingerprint density at radius 1 is 1.00 bits per heavy atom. The number of carbonyl (C=O) groups is 4. The van der Waals surface area contributed by atoms with Crippen LogP contribution in [0.2, 0.25) is 0 Å². The van der Waals surface area contributed by atoms with Crippen LogP contribution in [-0.4, -0.2) is 48.9 Å². The molecular weight excluding hydrogens is 410 g/mol. The van der Waals surface area contributed by atoms with Crippen molar-refractivity contribution >= 4 is 23.8 Å². The molecule has 2 fully saturated rings. The second-order valence-electron chi connectivity index (χ2n) is 8.59. The number of Topliss-reactive ketones (excluding diaryl/α,β-unsaturated/α-hetero) is 1. The molecule has 0 radical (unpaired) electrons. The highest BCUT2D eigenvalue weighted by Gasteiger charge is 2.28. The summed E-state index contributed by atoms with van der Waals surface area (Å²) in [6.45, 7) is 0.763. The fourth-order valence-electron chi connectivity index (χ4n) is 4.30. The van der Waals surface area contributed by atoms with Crippen molar-refractivity contribution in [3.8, 4) is 0 Å². The van der Waals surface area contributed by atoms with Crippen LogP contribution in [0.5, 0.6) is 0 Å². The SMILES string of the molecule is O=C(NCCC(=O)C(Cc1ccccc1)NC(=O)C1CCCCC1)OC(=O)[C@@H]1CCCN1. The van der Waals surface area contributed by atoms with Crippen molar-refractivity contribution in [2.24, 2.45) is 5.92 Å². The molecule has 1 aliphatic carbocycles. The third-order valence-electron chi connectivity index (χ3n) is 6.14. The summed E-state index contributed by atoms with van der Waals surface area (Å²) in [4.78, 5) is 49.4. The van der Waals surface area contributed by atoms with E-state index in [0.717, 1.165) is 50.6 Å². The topological polar surface area (TPSA) is 114 Å². The molecule has 2 amide bonds. The van der Waals surface area contributed by atoms with E-state index >= 15 is 0 Å². The lowest BCUT2D eigenvalue weighted by molar-refractivity contribution is -0.139. The molecule has 174 valence electrons. The quantitative estimate of drug-likeness (QED) is 0.399. The first kappa shape index (κ1) is 23.9. The molecule has 1 saturated heterocycles. The number of nitrogens with one attached hydrogen (secondary N) is 3. The lowest BCUT2D eigenvalue weighted by Gasteiger charge is -2.24. The van der Waals surface area contributed by atoms with Gasteiger partial charge in [0, 0.05) is 18.9 Å². The van der Waals surface area contributed by atoms with Crippen LogP contribution in [0.25, 0.3) is 0 Å². The zero-order valence-corrected chi connectivity index (χ0v) is 18.4. The normalized spacial score (nSPS) is 19.7. The third-order valence-corrected chi connectivity index (χ3v) is 6.14. The number of carbonyl (C=O) groups excluding carboxylic acids is 4. The van der Waals surface area contributed by atoms with E-state index in [1.165, 1.54) is 0 Å². The highest BCUT2D eigenvalue weighted by Crippen LogP contribution is 2.24. The van der Waals surface area contributed by atoms with Gasteiger partial charge in [-0.15, -0.1) is 0 Å². The molecular formula is C24H33N3O5. The number of benzene rings is 1. The fourth-order valence-corrected chi connectivity index (χ4v) is 4.30. The average molecular weight is 444 g/mol. The van der Waals surface area contributed by atoms with Crippen molar-refractivity contribution in [1.29, 1.82) is 0 Å². The second kappa shape index (κ2) is 12.3. The summed E-state index contributed by atoms with van der Waals surface area (Å²) in [5.41, 5.74) is 0.955. The standard InChI is InChI=1S/C24H33N3O5/c28-21(13-15-26-24(31)32-23(30)19-12-7-14-25-19)20(16-17-8-3-1-4-9-17)27-22(29)18-10-5-2-6-11-18/h1,3-4,8-9,18-20,25H,2,5-7,10-16H2,(H,26,31)(H,27,29)/t19-,20?/m0/s1. The molecule has 3 rings (SSSR count). The summed E-state index contributed by atoms with van der Waals surface area (Å²) in [6, 6.07) is 8.43. The van der Waals surface area contributed by atoms with Crippen LogP contribution in [0.3, 0.4) is 0 Å². The van der Waals surface area contributed by atoms with Gasteiger partial charge in [-0.25, -0.2) is 9.59 Å². The Labute approximate surface area is 188 Å². The van der Waals surface area contributed by atoms with Gasteiger partial charge in [0.2, 0.25) is 5.91 Å². The Morgan fingerprint density at radius 3 is 2.44 bits per heavy atom. The predicted octanol–water partition coefficient (Wildman–Crippen LogP) is 2.26. The number of rotatable bonds is 9. The molecule has 1 heterocycles. The predicted molar refractivity (Wildman–Crippen MR) is 119 cm³/mol. The summed E-state index contributed by atoms with van der Waals surface area (Å²) in [7, 11) is 0. The Balaban J connectivity index is 1.49. The summed E-state index contributed by atoms with van der Waals surface area (Å²) < 4.78 is 4.78. The summed E-state index contributed by atoms with van der Waals surface area (Å²) in [5, 5.41) is 8.38. The maximum atomic E-state index is 12.9. The molecule has 0 spiro atoms. The molecule has 1 saturated carbocycles. The van der Waals surface area contributed by atoms with Gasteiger partial charge >= 0.3 is 12.1 Å². The lowest BCUT2D eigenvalue weighted by atomic mass is 9.88. The first-order chi connectivity index (χ1) is 15.5. The van der Waals surface area contributed by atoms with E-state index in [9.17, 15) is 19.2 Å². The van der Waals surface area contributed by atoms with E-state index in [1.807, 2.05) is 30.3 Å². The molecule has 1 aromatic rings. The largest absolute Gasteiger partial charge is 0.414 e. The minimum absolute atomic E-state index is 0.0351. The lowest BCUT2D eigenvalue weighted by Crippen LogP contribution is -2.46. The van der Waals surface area contributed by atoms with E-state index in [2.05, 4.69) is 16.0 Å². The van der Waals surface area contributed by atoms with Crippen LogP contribution >= 0.6 is 0 Å². The zero-order chi connectivity index (χ0) is 22.8. The van der Waals surface area contributed by atoms with Crippen LogP contribution in [-0.2, 0) is 25.5 Å². The fraction of sp³-hybridized carbons (Fsp3) is 0.583. The van der Waals surface area contributed by atoms with Gasteiger partial charge in [0.1, 0.15) is 6.04 Å². The van der Waals surface area contributed by atoms with Gasteiger partial charge in [-0.1, -0.05) is 49.6 Å². The van der Waals surface area contributed by atoms with E-state index in [1.54, 1.807) is 0 Å². The van der Waals surface area contributed by atoms with E-state index in [-0.39, 0.29) is 30.6 Å². The zero-order valence-electron chi connectivity index (χ0n) is 18.4. The van der Waals surface area contributed by atoms with Crippen LogP contribution in [0, 0.1) is 5.92 Å². The molecule has 3 N–H and O–H groups in total.